The van der Waals surface area contributed by atoms with Gasteiger partial charge < -0.3 is 15.3 Å². The van der Waals surface area contributed by atoms with Gasteiger partial charge in [-0.15, -0.1) is 0 Å². The van der Waals surface area contributed by atoms with E-state index in [1.54, 1.807) is 18.9 Å². The van der Waals surface area contributed by atoms with Crippen molar-refractivity contribution in [2.75, 3.05) is 40.3 Å². The SMILES string of the molecule is CCCN(CCC)C(=O)C1CC(C(=O)NC(CC2CCCCC2)C(O)CN(CC)NC(=O)C(C)C)CC(S(=O)(=O)N(C)C)C1. The summed E-state index contributed by atoms with van der Waals surface area (Å²) in [6, 6.07) is -0.563. The standard InChI is InChI=1S/C32H61N5O6S/c1-8-16-36(17-9-2)32(41)26-19-25(20-27(21-26)44(42,43)35(6)7)31(40)33-28(18-24-14-12-11-13-15-24)29(38)22-37(10-3)34-30(39)23(4)5/h23-29,38H,8-22H2,1-7H3,(H,33,40)(H,34,39). The molecular formula is C32H61N5O6S. The number of likely N-dealkylation sites (N-methyl/N-ethyl adjacent to an activating group) is 1. The summed E-state index contributed by atoms with van der Waals surface area (Å²) < 4.78 is 27.8. The first-order valence-electron chi connectivity index (χ1n) is 17.0. The molecule has 3 N–H and O–H groups in total. The van der Waals surface area contributed by atoms with Crippen LogP contribution < -0.4 is 10.7 Å². The second-order valence-electron chi connectivity index (χ2n) is 13.5. The van der Waals surface area contributed by atoms with Crippen molar-refractivity contribution < 1.29 is 27.9 Å². The number of rotatable bonds is 17. The van der Waals surface area contributed by atoms with Crippen LogP contribution in [0.3, 0.4) is 0 Å². The molecule has 3 amide bonds. The van der Waals surface area contributed by atoms with Gasteiger partial charge in [-0.2, -0.15) is 0 Å². The first-order valence-corrected chi connectivity index (χ1v) is 18.5. The number of nitrogens with one attached hydrogen (secondary N) is 2. The third-order valence-corrected chi connectivity index (χ3v) is 11.5. The van der Waals surface area contributed by atoms with Crippen molar-refractivity contribution in [2.24, 2.45) is 23.7 Å². The van der Waals surface area contributed by atoms with E-state index >= 15 is 0 Å². The molecule has 5 unspecified atom stereocenters. The number of aliphatic hydroxyl groups excluding tert-OH is 1. The average molecular weight is 644 g/mol. The molecule has 2 fully saturated rings. The van der Waals surface area contributed by atoms with Crippen LogP contribution in [0.25, 0.3) is 0 Å². The van der Waals surface area contributed by atoms with Crippen LogP contribution in [0, 0.1) is 23.7 Å². The van der Waals surface area contributed by atoms with Crippen LogP contribution >= 0.6 is 0 Å². The molecule has 5 atom stereocenters. The van der Waals surface area contributed by atoms with E-state index in [-0.39, 0.29) is 49.4 Å². The zero-order valence-corrected chi connectivity index (χ0v) is 29.2. The van der Waals surface area contributed by atoms with Crippen LogP contribution in [0.2, 0.25) is 0 Å². The van der Waals surface area contributed by atoms with E-state index < -0.39 is 39.3 Å². The zero-order chi connectivity index (χ0) is 33.0. The Labute approximate surface area is 266 Å². The summed E-state index contributed by atoms with van der Waals surface area (Å²) in [6.45, 7) is 11.4. The van der Waals surface area contributed by atoms with Crippen molar-refractivity contribution in [1.82, 2.24) is 25.0 Å². The van der Waals surface area contributed by atoms with E-state index in [0.29, 0.717) is 32.0 Å². The molecule has 0 aromatic heterocycles. The van der Waals surface area contributed by atoms with Crippen LogP contribution in [0.15, 0.2) is 0 Å². The largest absolute Gasteiger partial charge is 0.390 e. The molecule has 0 aromatic carbocycles. The highest BCUT2D eigenvalue weighted by Gasteiger charge is 2.44. The van der Waals surface area contributed by atoms with Gasteiger partial charge in [-0.05, 0) is 44.4 Å². The summed E-state index contributed by atoms with van der Waals surface area (Å²) in [4.78, 5) is 41.8. The van der Waals surface area contributed by atoms with Gasteiger partial charge >= 0.3 is 0 Å². The summed E-state index contributed by atoms with van der Waals surface area (Å²) in [7, 11) is -0.721. The summed E-state index contributed by atoms with van der Waals surface area (Å²) in [5.74, 6) is -1.62. The molecular weight excluding hydrogens is 582 g/mol. The first kappa shape index (κ1) is 38.4. The number of carbonyl (C=O) groups excluding carboxylic acids is 3. The highest BCUT2D eigenvalue weighted by Crippen LogP contribution is 2.36. The van der Waals surface area contributed by atoms with Crippen LogP contribution in [0.4, 0.5) is 0 Å². The van der Waals surface area contributed by atoms with Crippen molar-refractivity contribution in [2.45, 2.75) is 123 Å². The van der Waals surface area contributed by atoms with Crippen molar-refractivity contribution >= 4 is 27.7 Å². The molecule has 0 heterocycles. The van der Waals surface area contributed by atoms with Gasteiger partial charge in [0.2, 0.25) is 27.7 Å². The van der Waals surface area contributed by atoms with Crippen LogP contribution in [0.1, 0.15) is 105 Å². The fourth-order valence-electron chi connectivity index (χ4n) is 6.64. The molecule has 2 aliphatic rings. The predicted octanol–water partition coefficient (Wildman–Crippen LogP) is 3.14. The number of sulfonamides is 1. The topological polar surface area (TPSA) is 139 Å². The Morgan fingerprint density at radius 2 is 1.50 bits per heavy atom. The second kappa shape index (κ2) is 18.4. The quantitative estimate of drug-likeness (QED) is 0.207. The molecule has 44 heavy (non-hydrogen) atoms. The van der Waals surface area contributed by atoms with Crippen molar-refractivity contribution in [1.29, 1.82) is 0 Å². The number of hydrogen-bond donors (Lipinski definition) is 3. The monoisotopic (exact) mass is 643 g/mol. The Balaban J connectivity index is 2.31. The minimum Gasteiger partial charge on any atom is -0.390 e. The van der Waals surface area contributed by atoms with Gasteiger partial charge in [-0.3, -0.25) is 19.8 Å². The van der Waals surface area contributed by atoms with E-state index in [2.05, 4.69) is 10.7 Å². The van der Waals surface area contributed by atoms with E-state index in [4.69, 9.17) is 0 Å². The molecule has 0 spiro atoms. The highest BCUT2D eigenvalue weighted by atomic mass is 32.2. The van der Waals surface area contributed by atoms with Gasteiger partial charge in [-0.1, -0.05) is 66.7 Å². The lowest BCUT2D eigenvalue weighted by Crippen LogP contribution is -2.55. The van der Waals surface area contributed by atoms with Gasteiger partial charge in [0.25, 0.3) is 0 Å². The predicted molar refractivity (Wildman–Crippen MR) is 174 cm³/mol. The smallest absolute Gasteiger partial charge is 0.236 e. The Kier molecular flexibility index (Phi) is 16.1. The van der Waals surface area contributed by atoms with Gasteiger partial charge in [-0.25, -0.2) is 17.7 Å². The van der Waals surface area contributed by atoms with Gasteiger partial charge in [0.05, 0.1) is 17.4 Å². The minimum absolute atomic E-state index is 0.0802. The molecule has 256 valence electrons. The fourth-order valence-corrected chi connectivity index (χ4v) is 8.19. The number of hydrogen-bond acceptors (Lipinski definition) is 7. The molecule has 12 heteroatoms. The lowest BCUT2D eigenvalue weighted by molar-refractivity contribution is -0.139. The molecule has 0 saturated heterocycles. The fraction of sp³-hybridized carbons (Fsp3) is 0.906. The number of amides is 3. The van der Waals surface area contributed by atoms with E-state index in [9.17, 15) is 27.9 Å². The third-order valence-electron chi connectivity index (χ3n) is 9.30. The maximum Gasteiger partial charge on any atom is 0.236 e. The van der Waals surface area contributed by atoms with Crippen molar-refractivity contribution in [3.63, 3.8) is 0 Å². The number of carbonyl (C=O) groups is 3. The molecule has 2 rings (SSSR count). The highest BCUT2D eigenvalue weighted by molar-refractivity contribution is 7.89. The molecule has 0 aliphatic heterocycles. The molecule has 0 bridgehead atoms. The summed E-state index contributed by atoms with van der Waals surface area (Å²) >= 11 is 0. The Hall–Kier alpha value is -1.76. The lowest BCUT2D eigenvalue weighted by atomic mass is 9.79. The Morgan fingerprint density at radius 1 is 0.909 bits per heavy atom. The Morgan fingerprint density at radius 3 is 2.02 bits per heavy atom. The van der Waals surface area contributed by atoms with E-state index in [1.807, 2.05) is 25.7 Å². The van der Waals surface area contributed by atoms with Gasteiger partial charge in [0.15, 0.2) is 0 Å². The molecule has 2 aliphatic carbocycles. The maximum absolute atomic E-state index is 14.0. The van der Waals surface area contributed by atoms with Crippen LogP contribution in [-0.2, 0) is 24.4 Å². The van der Waals surface area contributed by atoms with E-state index in [0.717, 1.165) is 38.5 Å². The number of aliphatic hydroxyl groups is 1. The summed E-state index contributed by atoms with van der Waals surface area (Å²) in [5.41, 5.74) is 2.86. The van der Waals surface area contributed by atoms with Crippen molar-refractivity contribution in [3.8, 4) is 0 Å². The number of hydrazine groups is 1. The van der Waals surface area contributed by atoms with Crippen LogP contribution in [-0.4, -0.2) is 103 Å². The van der Waals surface area contributed by atoms with Crippen molar-refractivity contribution in [3.05, 3.63) is 0 Å². The third kappa shape index (κ3) is 11.2. The average Bonchev–Trinajstić information content (AvgIpc) is 2.99. The molecule has 2 saturated carbocycles. The Bertz CT molecular complexity index is 1010. The molecule has 0 aromatic rings. The maximum atomic E-state index is 14.0. The summed E-state index contributed by atoms with van der Waals surface area (Å²) in [6.07, 6.45) is 7.38. The lowest BCUT2D eigenvalue weighted by Gasteiger charge is -2.38. The molecule has 11 nitrogen and oxygen atoms in total. The van der Waals surface area contributed by atoms with Gasteiger partial charge in [0, 0.05) is 58.0 Å². The number of nitrogens with zero attached hydrogens (tertiary/aromatic N) is 3. The minimum atomic E-state index is -3.70. The normalized spacial score (nSPS) is 23.0. The second-order valence-corrected chi connectivity index (χ2v) is 15.9. The van der Waals surface area contributed by atoms with E-state index in [1.165, 1.54) is 24.8 Å². The van der Waals surface area contributed by atoms with Gasteiger partial charge in [0.1, 0.15) is 0 Å². The molecule has 0 radical (unpaired) electrons. The summed E-state index contributed by atoms with van der Waals surface area (Å²) in [5, 5.41) is 15.4. The first-order chi connectivity index (χ1) is 20.7. The van der Waals surface area contributed by atoms with Crippen LogP contribution in [0.5, 0.6) is 0 Å². The zero-order valence-electron chi connectivity index (χ0n) is 28.4.